The summed E-state index contributed by atoms with van der Waals surface area (Å²) in [7, 11) is -9.96. The van der Waals surface area contributed by atoms with E-state index in [2.05, 4.69) is 76.3 Å². The number of phosphoric acid groups is 2. The van der Waals surface area contributed by atoms with Gasteiger partial charge in [0.2, 0.25) is 0 Å². The number of esters is 4. The lowest BCUT2D eigenvalue weighted by Gasteiger charge is -2.21. The van der Waals surface area contributed by atoms with Crippen LogP contribution in [-0.2, 0) is 65.4 Å². The van der Waals surface area contributed by atoms with Gasteiger partial charge in [0, 0.05) is 25.7 Å². The molecule has 596 valence electrons. The molecule has 0 heterocycles. The molecule has 0 aromatic rings. The quantitative estimate of drug-likeness (QED) is 0.0169. The zero-order valence-electron chi connectivity index (χ0n) is 65.3. The van der Waals surface area contributed by atoms with E-state index in [1.807, 2.05) is 12.2 Å². The molecule has 0 fully saturated rings. The van der Waals surface area contributed by atoms with Crippen LogP contribution in [0.4, 0.5) is 0 Å². The average Bonchev–Trinajstić information content (AvgIpc) is 0.939. The lowest BCUT2D eigenvalue weighted by atomic mass is 10.0. The smallest absolute Gasteiger partial charge is 0.462 e. The monoisotopic (exact) mass is 1480 g/mol. The molecule has 19 heteroatoms. The lowest BCUT2D eigenvalue weighted by molar-refractivity contribution is -0.161. The van der Waals surface area contributed by atoms with Gasteiger partial charge in [0.1, 0.15) is 19.3 Å². The van der Waals surface area contributed by atoms with Gasteiger partial charge in [0.25, 0.3) is 0 Å². The molecule has 0 saturated carbocycles. The van der Waals surface area contributed by atoms with Gasteiger partial charge in [-0.15, -0.1) is 0 Å². The van der Waals surface area contributed by atoms with Crippen molar-refractivity contribution in [3.63, 3.8) is 0 Å². The summed E-state index contributed by atoms with van der Waals surface area (Å²) in [6.07, 6.45) is 76.3. The first-order valence-corrected chi connectivity index (χ1v) is 44.5. The molecule has 102 heavy (non-hydrogen) atoms. The minimum absolute atomic E-state index is 0.0774. The van der Waals surface area contributed by atoms with Crippen molar-refractivity contribution in [2.75, 3.05) is 39.6 Å². The van der Waals surface area contributed by atoms with Gasteiger partial charge in [-0.1, -0.05) is 332 Å². The molecule has 0 aliphatic carbocycles. The highest BCUT2D eigenvalue weighted by Gasteiger charge is 2.30. The highest BCUT2D eigenvalue weighted by Crippen LogP contribution is 2.45. The number of rotatable bonds is 79. The van der Waals surface area contributed by atoms with E-state index >= 15 is 0 Å². The SMILES string of the molecule is CCCCC/C=C\C/C=C\C/C=C\C/C=C\CCCC(=O)OC[C@H](COP(=O)(O)OC[C@H](O)COP(=O)(O)OC[C@@H](COC(=O)CCCCCCCCCCCCCCCCCCC)OC(=O)CCCCCCCCCCCCCCC)OC(=O)CCCCCCC/C=C\CCCCCCCC. The first-order chi connectivity index (χ1) is 49.7. The maximum absolute atomic E-state index is 13.1. The van der Waals surface area contributed by atoms with Gasteiger partial charge in [-0.05, 0) is 89.9 Å². The number of aliphatic hydroxyl groups excluding tert-OH is 1. The number of unbranched alkanes of at least 4 members (excludes halogenated alkanes) is 43. The second-order valence-electron chi connectivity index (χ2n) is 28.1. The van der Waals surface area contributed by atoms with E-state index in [0.717, 1.165) is 109 Å². The Morgan fingerprint density at radius 2 is 0.490 bits per heavy atom. The van der Waals surface area contributed by atoms with Gasteiger partial charge in [-0.3, -0.25) is 37.3 Å². The van der Waals surface area contributed by atoms with Crippen LogP contribution in [0.2, 0.25) is 0 Å². The van der Waals surface area contributed by atoms with E-state index in [4.69, 9.17) is 37.0 Å². The van der Waals surface area contributed by atoms with E-state index in [9.17, 15) is 43.2 Å². The predicted molar refractivity (Wildman–Crippen MR) is 418 cm³/mol. The fraction of sp³-hybridized carbons (Fsp3) is 0.831. The van der Waals surface area contributed by atoms with Gasteiger partial charge >= 0.3 is 39.5 Å². The Morgan fingerprint density at radius 1 is 0.275 bits per heavy atom. The number of hydrogen-bond acceptors (Lipinski definition) is 15. The molecule has 0 bridgehead atoms. The summed E-state index contributed by atoms with van der Waals surface area (Å²) in [5.74, 6) is -2.21. The van der Waals surface area contributed by atoms with Crippen molar-refractivity contribution < 1.29 is 80.2 Å². The fourth-order valence-corrected chi connectivity index (χ4v) is 13.2. The lowest BCUT2D eigenvalue weighted by Crippen LogP contribution is -2.30. The Labute approximate surface area is 622 Å². The molecular weight excluding hydrogens is 1330 g/mol. The normalized spacial score (nSPS) is 14.1. The molecule has 17 nitrogen and oxygen atoms in total. The highest BCUT2D eigenvalue weighted by atomic mass is 31.2. The second-order valence-corrected chi connectivity index (χ2v) is 31.0. The van der Waals surface area contributed by atoms with E-state index < -0.39 is 97.5 Å². The van der Waals surface area contributed by atoms with Crippen LogP contribution in [0.15, 0.2) is 60.8 Å². The number of aliphatic hydroxyl groups is 1. The molecule has 0 aliphatic heterocycles. The summed E-state index contributed by atoms with van der Waals surface area (Å²) in [5, 5.41) is 10.6. The molecule has 0 spiro atoms. The predicted octanol–water partition coefficient (Wildman–Crippen LogP) is 24.2. The maximum Gasteiger partial charge on any atom is 0.472 e. The zero-order chi connectivity index (χ0) is 74.6. The first-order valence-electron chi connectivity index (χ1n) is 41.5. The van der Waals surface area contributed by atoms with Crippen molar-refractivity contribution in [3.05, 3.63) is 60.8 Å². The fourth-order valence-electron chi connectivity index (χ4n) is 11.6. The Bertz CT molecular complexity index is 2170. The van der Waals surface area contributed by atoms with E-state index in [0.29, 0.717) is 32.1 Å². The summed E-state index contributed by atoms with van der Waals surface area (Å²) in [4.78, 5) is 73.0. The van der Waals surface area contributed by atoms with Crippen LogP contribution in [-0.4, -0.2) is 96.7 Å². The van der Waals surface area contributed by atoms with Gasteiger partial charge in [-0.2, -0.15) is 0 Å². The molecule has 0 aliphatic rings. The Morgan fingerprint density at radius 3 is 0.804 bits per heavy atom. The van der Waals surface area contributed by atoms with Crippen LogP contribution in [0.25, 0.3) is 0 Å². The summed E-state index contributed by atoms with van der Waals surface area (Å²) in [5.41, 5.74) is 0. The van der Waals surface area contributed by atoms with Crippen LogP contribution in [0.5, 0.6) is 0 Å². The van der Waals surface area contributed by atoms with Crippen molar-refractivity contribution in [3.8, 4) is 0 Å². The number of carbonyl (C=O) groups excluding carboxylic acids is 4. The molecule has 2 unspecified atom stereocenters. The van der Waals surface area contributed by atoms with E-state index in [-0.39, 0.29) is 25.7 Å². The van der Waals surface area contributed by atoms with E-state index in [1.54, 1.807) is 0 Å². The molecule has 0 amide bonds. The minimum atomic E-state index is -4.98. The van der Waals surface area contributed by atoms with Gasteiger partial charge in [0.05, 0.1) is 26.4 Å². The number of hydrogen-bond donors (Lipinski definition) is 3. The molecule has 5 atom stereocenters. The largest absolute Gasteiger partial charge is 0.472 e. The van der Waals surface area contributed by atoms with Crippen LogP contribution in [0.3, 0.4) is 0 Å². The summed E-state index contributed by atoms with van der Waals surface area (Å²) >= 11 is 0. The van der Waals surface area contributed by atoms with Crippen molar-refractivity contribution in [1.82, 2.24) is 0 Å². The Balaban J connectivity index is 5.35. The van der Waals surface area contributed by atoms with Gasteiger partial charge in [-0.25, -0.2) is 9.13 Å². The summed E-state index contributed by atoms with van der Waals surface area (Å²) in [6.45, 7) is 4.86. The second kappa shape index (κ2) is 76.0. The number of phosphoric ester groups is 2. The van der Waals surface area contributed by atoms with Crippen molar-refractivity contribution in [1.29, 1.82) is 0 Å². The molecule has 0 rings (SSSR count). The van der Waals surface area contributed by atoms with Crippen molar-refractivity contribution in [2.24, 2.45) is 0 Å². The third kappa shape index (κ3) is 75.0. The molecule has 0 radical (unpaired) electrons. The topological polar surface area (TPSA) is 237 Å². The maximum atomic E-state index is 13.1. The number of allylic oxidation sites excluding steroid dienone is 10. The van der Waals surface area contributed by atoms with Crippen LogP contribution < -0.4 is 0 Å². The average molecular weight is 1480 g/mol. The Kier molecular flexibility index (Phi) is 73.6. The molecule has 0 aromatic carbocycles. The van der Waals surface area contributed by atoms with E-state index in [1.165, 1.54) is 193 Å². The molecule has 0 saturated heterocycles. The Hall–Kier alpha value is -3.24. The highest BCUT2D eigenvalue weighted by molar-refractivity contribution is 7.47. The zero-order valence-corrected chi connectivity index (χ0v) is 67.1. The minimum Gasteiger partial charge on any atom is -0.462 e. The molecule has 0 aromatic heterocycles. The number of ether oxygens (including phenoxy) is 4. The van der Waals surface area contributed by atoms with Crippen molar-refractivity contribution in [2.45, 2.75) is 406 Å². The third-order valence-electron chi connectivity index (χ3n) is 18.0. The third-order valence-corrected chi connectivity index (χ3v) is 19.9. The summed E-state index contributed by atoms with van der Waals surface area (Å²) in [6, 6.07) is 0. The number of carbonyl (C=O) groups is 4. The van der Waals surface area contributed by atoms with Crippen LogP contribution in [0.1, 0.15) is 387 Å². The first kappa shape index (κ1) is 98.8. The van der Waals surface area contributed by atoms with Gasteiger partial charge < -0.3 is 33.8 Å². The summed E-state index contributed by atoms with van der Waals surface area (Å²) < 4.78 is 68.6. The standard InChI is InChI=1S/C83H152O17P2/c1-5-9-13-17-21-25-29-33-36-38-41-44-47-51-55-59-63-67-80(85)93-73-78(99-82(87)69-65-61-57-53-49-43-32-28-24-20-16-12-8-4)75-97-101(89,90)95-71-77(84)72-96-102(91,92)98-76-79(100-83(88)70-66-62-58-54-50-46-40-35-31-27-23-19-15-11-7-3)74-94-81(86)68-64-60-56-52-48-45-42-39-37-34-30-26-22-18-14-10-6-2/h22,26,34-35,37,40,42,45,52,56,77-79,84H,5-21,23-25,27-33,36,38-39,41,43-44,46-51,53-55,57-76H2,1-4H3,(H,89,90)(H,91,92)/b26-22-,37-34-,40-35-,45-42-,56-52-/t77-,78-,79-/m1/s1. The van der Waals surface area contributed by atoms with Crippen LogP contribution >= 0.6 is 15.6 Å². The van der Waals surface area contributed by atoms with Gasteiger partial charge in [0.15, 0.2) is 12.2 Å². The van der Waals surface area contributed by atoms with Crippen LogP contribution in [0, 0.1) is 0 Å². The van der Waals surface area contributed by atoms with Crippen molar-refractivity contribution >= 4 is 39.5 Å². The molecular formula is C83H152O17P2. The molecule has 3 N–H and O–H groups in total.